The Bertz CT molecular complexity index is 266. The van der Waals surface area contributed by atoms with Gasteiger partial charge in [0, 0.05) is 24.5 Å². The molecule has 0 fully saturated rings. The van der Waals surface area contributed by atoms with Crippen LogP contribution in [-0.4, -0.2) is 22.1 Å². The lowest BCUT2D eigenvalue weighted by Gasteiger charge is -2.08. The predicted molar refractivity (Wildman–Crippen MR) is 64.0 cm³/mol. The minimum Gasteiger partial charge on any atom is -0.335 e. The summed E-state index contributed by atoms with van der Waals surface area (Å²) < 4.78 is 2.22. The van der Waals surface area contributed by atoms with Crippen LogP contribution in [0.4, 0.5) is 0 Å². The molecule has 1 rings (SSSR count). The van der Waals surface area contributed by atoms with Crippen LogP contribution in [0.1, 0.15) is 39.3 Å². The quantitative estimate of drug-likeness (QED) is 0.698. The molecule has 0 radical (unpaired) electrons. The number of nitrogens with zero attached hydrogens (tertiary/aromatic N) is 2. The molecule has 0 bridgehead atoms. The van der Waals surface area contributed by atoms with E-state index < -0.39 is 0 Å². The van der Waals surface area contributed by atoms with Crippen LogP contribution in [0.5, 0.6) is 0 Å². The third kappa shape index (κ3) is 4.47. The standard InChI is InChI=1S/C12H23N3/c1-4-15-10-13-9-12(15)7-5-6-8-14-11(2)3/h9-11,14H,4-8H2,1-3H3. The highest BCUT2D eigenvalue weighted by Crippen LogP contribution is 2.04. The molecule has 0 saturated carbocycles. The van der Waals surface area contributed by atoms with Gasteiger partial charge in [-0.3, -0.25) is 0 Å². The molecule has 86 valence electrons. The van der Waals surface area contributed by atoms with Gasteiger partial charge in [-0.2, -0.15) is 0 Å². The first-order valence-corrected chi connectivity index (χ1v) is 5.96. The average molecular weight is 209 g/mol. The largest absolute Gasteiger partial charge is 0.335 e. The molecule has 0 amide bonds. The van der Waals surface area contributed by atoms with Crippen molar-refractivity contribution in [1.82, 2.24) is 14.9 Å². The fourth-order valence-electron chi connectivity index (χ4n) is 1.66. The molecule has 0 saturated heterocycles. The fraction of sp³-hybridized carbons (Fsp3) is 0.750. The molecule has 1 N–H and O–H groups in total. The van der Waals surface area contributed by atoms with E-state index in [1.54, 1.807) is 0 Å². The smallest absolute Gasteiger partial charge is 0.0948 e. The number of imidazole rings is 1. The lowest BCUT2D eigenvalue weighted by molar-refractivity contribution is 0.552. The molecule has 0 atom stereocenters. The van der Waals surface area contributed by atoms with Crippen molar-refractivity contribution >= 4 is 0 Å². The van der Waals surface area contributed by atoms with Gasteiger partial charge in [-0.1, -0.05) is 13.8 Å². The van der Waals surface area contributed by atoms with Gasteiger partial charge in [0.25, 0.3) is 0 Å². The second-order valence-corrected chi connectivity index (χ2v) is 4.24. The minimum atomic E-state index is 0.603. The predicted octanol–water partition coefficient (Wildman–Crippen LogP) is 2.22. The Morgan fingerprint density at radius 2 is 2.20 bits per heavy atom. The van der Waals surface area contributed by atoms with Gasteiger partial charge in [-0.25, -0.2) is 4.98 Å². The van der Waals surface area contributed by atoms with Gasteiger partial charge in [0.05, 0.1) is 6.33 Å². The van der Waals surface area contributed by atoms with Crippen LogP contribution in [0, 0.1) is 0 Å². The summed E-state index contributed by atoms with van der Waals surface area (Å²) in [6.45, 7) is 8.68. The number of hydrogen-bond donors (Lipinski definition) is 1. The molecule has 3 heteroatoms. The Hall–Kier alpha value is -0.830. The van der Waals surface area contributed by atoms with Crippen molar-refractivity contribution in [3.63, 3.8) is 0 Å². The Labute approximate surface area is 92.9 Å². The van der Waals surface area contributed by atoms with Gasteiger partial charge < -0.3 is 9.88 Å². The molecule has 1 aromatic heterocycles. The zero-order chi connectivity index (χ0) is 11.1. The summed E-state index contributed by atoms with van der Waals surface area (Å²) in [6, 6.07) is 0.603. The summed E-state index contributed by atoms with van der Waals surface area (Å²) in [7, 11) is 0. The van der Waals surface area contributed by atoms with Gasteiger partial charge >= 0.3 is 0 Å². The van der Waals surface area contributed by atoms with E-state index in [0.29, 0.717) is 6.04 Å². The lowest BCUT2D eigenvalue weighted by atomic mass is 10.2. The van der Waals surface area contributed by atoms with Crippen molar-refractivity contribution in [1.29, 1.82) is 0 Å². The monoisotopic (exact) mass is 209 g/mol. The van der Waals surface area contributed by atoms with E-state index in [4.69, 9.17) is 0 Å². The molecule has 3 nitrogen and oxygen atoms in total. The van der Waals surface area contributed by atoms with Gasteiger partial charge in [0.15, 0.2) is 0 Å². The summed E-state index contributed by atoms with van der Waals surface area (Å²) in [5.41, 5.74) is 1.36. The van der Waals surface area contributed by atoms with E-state index in [9.17, 15) is 0 Å². The SMILES string of the molecule is CCn1cncc1CCCCNC(C)C. The van der Waals surface area contributed by atoms with Crippen LogP contribution in [0.2, 0.25) is 0 Å². The van der Waals surface area contributed by atoms with Crippen LogP contribution < -0.4 is 5.32 Å². The third-order valence-corrected chi connectivity index (χ3v) is 2.55. The van der Waals surface area contributed by atoms with Gasteiger partial charge in [0.1, 0.15) is 0 Å². The topological polar surface area (TPSA) is 29.9 Å². The van der Waals surface area contributed by atoms with Crippen LogP contribution in [0.25, 0.3) is 0 Å². The van der Waals surface area contributed by atoms with Gasteiger partial charge in [0.2, 0.25) is 0 Å². The molecule has 0 spiro atoms. The summed E-state index contributed by atoms with van der Waals surface area (Å²) in [4.78, 5) is 4.17. The number of aryl methyl sites for hydroxylation is 2. The maximum atomic E-state index is 4.17. The first-order valence-electron chi connectivity index (χ1n) is 5.96. The number of rotatable bonds is 7. The van der Waals surface area contributed by atoms with Crippen molar-refractivity contribution in [3.8, 4) is 0 Å². The Kier molecular flexibility index (Phi) is 5.40. The van der Waals surface area contributed by atoms with E-state index in [0.717, 1.165) is 19.5 Å². The minimum absolute atomic E-state index is 0.603. The van der Waals surface area contributed by atoms with Crippen LogP contribution in [0.3, 0.4) is 0 Å². The first kappa shape index (κ1) is 12.2. The highest BCUT2D eigenvalue weighted by Gasteiger charge is 1.99. The van der Waals surface area contributed by atoms with E-state index in [-0.39, 0.29) is 0 Å². The summed E-state index contributed by atoms with van der Waals surface area (Å²) >= 11 is 0. The van der Waals surface area contributed by atoms with Crippen molar-refractivity contribution in [3.05, 3.63) is 18.2 Å². The van der Waals surface area contributed by atoms with Crippen molar-refractivity contribution in [2.24, 2.45) is 0 Å². The molecule has 0 aliphatic carbocycles. The molecular formula is C12H23N3. The third-order valence-electron chi connectivity index (χ3n) is 2.55. The molecule has 15 heavy (non-hydrogen) atoms. The normalized spacial score (nSPS) is 11.2. The molecule has 0 unspecified atom stereocenters. The molecule has 1 aromatic rings. The van der Waals surface area contributed by atoms with E-state index in [1.807, 2.05) is 12.5 Å². The number of hydrogen-bond acceptors (Lipinski definition) is 2. The van der Waals surface area contributed by atoms with Crippen molar-refractivity contribution in [2.75, 3.05) is 6.54 Å². The zero-order valence-corrected chi connectivity index (χ0v) is 10.2. The highest BCUT2D eigenvalue weighted by atomic mass is 15.0. The first-order chi connectivity index (χ1) is 7.24. The lowest BCUT2D eigenvalue weighted by Crippen LogP contribution is -2.23. The summed E-state index contributed by atoms with van der Waals surface area (Å²) in [5, 5.41) is 3.43. The highest BCUT2D eigenvalue weighted by molar-refractivity contribution is 4.98. The molecular weight excluding hydrogens is 186 g/mol. The second kappa shape index (κ2) is 6.62. The summed E-state index contributed by atoms with van der Waals surface area (Å²) in [6.07, 6.45) is 7.53. The number of unbranched alkanes of at least 4 members (excludes halogenated alkanes) is 1. The maximum absolute atomic E-state index is 4.17. The summed E-state index contributed by atoms with van der Waals surface area (Å²) in [5.74, 6) is 0. The molecule has 0 aliphatic rings. The van der Waals surface area contributed by atoms with Gasteiger partial charge in [-0.05, 0) is 32.7 Å². The van der Waals surface area contributed by atoms with Crippen LogP contribution in [-0.2, 0) is 13.0 Å². The Morgan fingerprint density at radius 3 is 2.87 bits per heavy atom. The van der Waals surface area contributed by atoms with Crippen LogP contribution >= 0.6 is 0 Å². The van der Waals surface area contributed by atoms with Crippen LogP contribution in [0.15, 0.2) is 12.5 Å². The fourth-order valence-corrected chi connectivity index (χ4v) is 1.66. The van der Waals surface area contributed by atoms with Gasteiger partial charge in [-0.15, -0.1) is 0 Å². The van der Waals surface area contributed by atoms with E-state index in [1.165, 1.54) is 18.5 Å². The molecule has 0 aromatic carbocycles. The number of nitrogens with one attached hydrogen (secondary N) is 1. The maximum Gasteiger partial charge on any atom is 0.0948 e. The Morgan fingerprint density at radius 1 is 1.40 bits per heavy atom. The van der Waals surface area contributed by atoms with Crippen molar-refractivity contribution in [2.45, 2.75) is 52.6 Å². The van der Waals surface area contributed by atoms with Crippen molar-refractivity contribution < 1.29 is 0 Å². The zero-order valence-electron chi connectivity index (χ0n) is 10.2. The average Bonchev–Trinajstić information content (AvgIpc) is 2.64. The Balaban J connectivity index is 2.15. The molecule has 1 heterocycles. The molecule has 0 aliphatic heterocycles. The van der Waals surface area contributed by atoms with E-state index in [2.05, 4.69) is 35.6 Å². The number of aromatic nitrogens is 2. The van der Waals surface area contributed by atoms with E-state index >= 15 is 0 Å². The second-order valence-electron chi connectivity index (χ2n) is 4.24.